The molecule has 174 valence electrons. The fourth-order valence-corrected chi connectivity index (χ4v) is 4.98. The molecule has 0 saturated carbocycles. The smallest absolute Gasteiger partial charge is 0.303 e. The number of hydrogen-bond acceptors (Lipinski definition) is 8. The minimum atomic E-state index is -0.282. The third-order valence-corrected chi connectivity index (χ3v) is 6.98. The first kappa shape index (κ1) is 22.2. The Kier molecular flexibility index (Phi) is 6.12. The molecular weight excluding hydrogens is 446 g/mol. The number of carbonyl (C=O) groups excluding carboxylic acids is 1. The van der Waals surface area contributed by atoms with Crippen LogP contribution < -0.4 is 15.3 Å². The number of aryl methyl sites for hydroxylation is 1. The lowest BCUT2D eigenvalue weighted by Gasteiger charge is -2.34. The fourth-order valence-electron chi connectivity index (χ4n) is 4.10. The number of nitrogens with zero attached hydrogens (tertiary/aromatic N) is 6. The van der Waals surface area contributed by atoms with E-state index in [0.717, 1.165) is 53.7 Å². The van der Waals surface area contributed by atoms with Crippen LogP contribution in [0.4, 0.5) is 16.5 Å². The van der Waals surface area contributed by atoms with Gasteiger partial charge in [0.2, 0.25) is 5.13 Å². The third kappa shape index (κ3) is 4.32. The highest BCUT2D eigenvalue weighted by atomic mass is 32.1. The number of para-hydroxylation sites is 2. The van der Waals surface area contributed by atoms with Crippen LogP contribution in [0.25, 0.3) is 11.3 Å². The van der Waals surface area contributed by atoms with Crippen LogP contribution in [-0.2, 0) is 4.79 Å². The van der Waals surface area contributed by atoms with Gasteiger partial charge in [0.15, 0.2) is 5.71 Å². The van der Waals surface area contributed by atoms with Crippen molar-refractivity contribution in [2.75, 3.05) is 48.6 Å². The number of carbonyl (C=O) groups is 1. The van der Waals surface area contributed by atoms with Gasteiger partial charge >= 0.3 is 5.91 Å². The van der Waals surface area contributed by atoms with E-state index in [0.29, 0.717) is 16.6 Å². The predicted molar refractivity (Wildman–Crippen MR) is 140 cm³/mol. The molecule has 0 bridgehead atoms. The molecule has 0 aliphatic carbocycles. The van der Waals surface area contributed by atoms with E-state index in [2.05, 4.69) is 38.5 Å². The van der Waals surface area contributed by atoms with E-state index in [1.165, 1.54) is 16.3 Å². The molecule has 9 heteroatoms. The van der Waals surface area contributed by atoms with Crippen molar-refractivity contribution in [2.45, 2.75) is 13.8 Å². The molecule has 0 atom stereocenters. The van der Waals surface area contributed by atoms with Gasteiger partial charge in [0.1, 0.15) is 0 Å². The van der Waals surface area contributed by atoms with Crippen molar-refractivity contribution < 1.29 is 4.79 Å². The van der Waals surface area contributed by atoms with E-state index in [-0.39, 0.29) is 5.91 Å². The Bertz CT molecular complexity index is 1260. The summed E-state index contributed by atoms with van der Waals surface area (Å²) in [5, 5.41) is 10.8. The first-order chi connectivity index (χ1) is 16.5. The number of anilines is 3. The van der Waals surface area contributed by atoms with Crippen LogP contribution in [0.3, 0.4) is 0 Å². The predicted octanol–water partition coefficient (Wildman–Crippen LogP) is 4.06. The molecule has 2 aliphatic heterocycles. The van der Waals surface area contributed by atoms with Crippen molar-refractivity contribution in [1.82, 2.24) is 9.88 Å². The summed E-state index contributed by atoms with van der Waals surface area (Å²) in [6.45, 7) is 7.73. The number of piperazine rings is 1. The highest BCUT2D eigenvalue weighted by Crippen LogP contribution is 2.34. The first-order valence-electron chi connectivity index (χ1n) is 11.3. The van der Waals surface area contributed by atoms with Crippen molar-refractivity contribution in [3.63, 3.8) is 0 Å². The summed E-state index contributed by atoms with van der Waals surface area (Å²) >= 11 is 1.45. The summed E-state index contributed by atoms with van der Waals surface area (Å²) < 4.78 is 0. The van der Waals surface area contributed by atoms with E-state index in [4.69, 9.17) is 4.98 Å². The largest absolute Gasteiger partial charge is 0.367 e. The second-order valence-corrected chi connectivity index (χ2v) is 9.63. The van der Waals surface area contributed by atoms with Crippen LogP contribution in [0, 0.1) is 6.92 Å². The molecule has 0 unspecified atom stereocenters. The highest BCUT2D eigenvalue weighted by molar-refractivity contribution is 7.16. The van der Waals surface area contributed by atoms with E-state index < -0.39 is 0 Å². The molecule has 2 aliphatic rings. The molecule has 1 saturated heterocycles. The molecule has 0 radical (unpaired) electrons. The van der Waals surface area contributed by atoms with Gasteiger partial charge in [-0.25, -0.2) is 4.98 Å². The topological polar surface area (TPSA) is 76.4 Å². The number of hydrogen-bond donors (Lipinski definition) is 1. The monoisotopic (exact) mass is 473 g/mol. The maximum atomic E-state index is 13.2. The Morgan fingerprint density at radius 2 is 1.68 bits per heavy atom. The van der Waals surface area contributed by atoms with Gasteiger partial charge in [0.05, 0.1) is 22.8 Å². The summed E-state index contributed by atoms with van der Waals surface area (Å²) in [6, 6.07) is 18.0. The maximum Gasteiger partial charge on any atom is 0.303 e. The molecule has 1 amide bonds. The van der Waals surface area contributed by atoms with Crippen LogP contribution in [0.2, 0.25) is 0 Å². The molecule has 0 spiro atoms. The van der Waals surface area contributed by atoms with Crippen molar-refractivity contribution in [1.29, 1.82) is 0 Å². The van der Waals surface area contributed by atoms with Gasteiger partial charge in [-0.3, -0.25) is 10.2 Å². The van der Waals surface area contributed by atoms with Crippen LogP contribution >= 0.6 is 11.3 Å². The van der Waals surface area contributed by atoms with E-state index >= 15 is 0 Å². The molecule has 3 aromatic rings. The average molecular weight is 474 g/mol. The van der Waals surface area contributed by atoms with Crippen LogP contribution in [0.1, 0.15) is 11.8 Å². The highest BCUT2D eigenvalue weighted by Gasteiger charge is 2.33. The van der Waals surface area contributed by atoms with Gasteiger partial charge in [-0.05, 0) is 33.0 Å². The summed E-state index contributed by atoms with van der Waals surface area (Å²) in [5.74, 6) is -0.282. The molecule has 3 heterocycles. The number of rotatable bonds is 5. The van der Waals surface area contributed by atoms with Crippen LogP contribution in [0.5, 0.6) is 0 Å². The Morgan fingerprint density at radius 3 is 2.44 bits per heavy atom. The Balaban J connectivity index is 1.36. The standard InChI is InChI=1S/C25H27N7OS/c1-17-22(28-27-20-11-7-8-12-21(20)31-15-13-30(3)14-16-31)24(33)32(29-17)25-26-23(18(2)34-25)19-9-5-4-6-10-19/h4-12,27H,13-16H2,1-3H3/b28-22+. The van der Waals surface area contributed by atoms with Crippen LogP contribution in [0.15, 0.2) is 64.8 Å². The van der Waals surface area contributed by atoms with Crippen LogP contribution in [-0.4, -0.2) is 60.4 Å². The maximum absolute atomic E-state index is 13.2. The number of likely N-dealkylation sites (N-methyl/N-ethyl adjacent to an activating group) is 1. The second kappa shape index (κ2) is 9.36. The molecule has 34 heavy (non-hydrogen) atoms. The number of hydrazone groups is 2. The number of benzene rings is 2. The van der Waals surface area contributed by atoms with Gasteiger partial charge in [-0.15, -0.1) is 0 Å². The van der Waals surface area contributed by atoms with Crippen molar-refractivity contribution in [3.05, 3.63) is 59.5 Å². The van der Waals surface area contributed by atoms with E-state index in [9.17, 15) is 4.79 Å². The molecule has 8 nitrogen and oxygen atoms in total. The lowest BCUT2D eigenvalue weighted by atomic mass is 10.1. The molecular formula is C25H27N7OS. The normalized spacial score (nSPS) is 18.0. The number of amides is 1. The third-order valence-electron chi connectivity index (χ3n) is 6.04. The number of thiazole rings is 1. The summed E-state index contributed by atoms with van der Waals surface area (Å²) in [7, 11) is 2.14. The number of aromatic nitrogens is 1. The SMILES string of the molecule is CC1=NN(c2nc(-c3ccccc3)c(C)s2)C(=O)/C1=N/Nc1ccccc1N1CCN(C)CC1. The minimum Gasteiger partial charge on any atom is -0.367 e. The van der Waals surface area contributed by atoms with Crippen molar-refractivity contribution >= 4 is 45.2 Å². The summed E-state index contributed by atoms with van der Waals surface area (Å²) in [6.07, 6.45) is 0. The zero-order chi connectivity index (χ0) is 23.7. The Hall–Kier alpha value is -3.56. The molecule has 1 N–H and O–H groups in total. The van der Waals surface area contributed by atoms with Crippen molar-refractivity contribution in [2.24, 2.45) is 10.2 Å². The van der Waals surface area contributed by atoms with Gasteiger partial charge < -0.3 is 9.80 Å². The molecule has 2 aromatic carbocycles. The second-order valence-electron chi connectivity index (χ2n) is 8.45. The van der Waals surface area contributed by atoms with E-state index in [1.54, 1.807) is 6.92 Å². The first-order valence-corrected chi connectivity index (χ1v) is 12.1. The lowest BCUT2D eigenvalue weighted by Crippen LogP contribution is -2.44. The zero-order valence-corrected chi connectivity index (χ0v) is 20.3. The van der Waals surface area contributed by atoms with Gasteiger partial charge in [0, 0.05) is 36.6 Å². The van der Waals surface area contributed by atoms with Gasteiger partial charge in [-0.1, -0.05) is 53.8 Å². The van der Waals surface area contributed by atoms with Gasteiger partial charge in [-0.2, -0.15) is 15.2 Å². The van der Waals surface area contributed by atoms with Crippen molar-refractivity contribution in [3.8, 4) is 11.3 Å². The quantitative estimate of drug-likeness (QED) is 0.566. The molecule has 1 aromatic heterocycles. The van der Waals surface area contributed by atoms with E-state index in [1.807, 2.05) is 55.5 Å². The fraction of sp³-hybridized carbons (Fsp3) is 0.280. The zero-order valence-electron chi connectivity index (χ0n) is 19.5. The summed E-state index contributed by atoms with van der Waals surface area (Å²) in [5.41, 5.74) is 7.82. The lowest BCUT2D eigenvalue weighted by molar-refractivity contribution is -0.112. The van der Waals surface area contributed by atoms with Gasteiger partial charge in [0.25, 0.3) is 0 Å². The number of nitrogens with one attached hydrogen (secondary N) is 1. The molecule has 1 fully saturated rings. The Labute approximate surface area is 203 Å². The Morgan fingerprint density at radius 1 is 0.971 bits per heavy atom. The summed E-state index contributed by atoms with van der Waals surface area (Å²) in [4.78, 5) is 23.6. The molecule has 5 rings (SSSR count). The minimum absolute atomic E-state index is 0.282. The average Bonchev–Trinajstić information content (AvgIpc) is 3.38.